The van der Waals surface area contributed by atoms with E-state index in [0.717, 1.165) is 17.6 Å². The van der Waals surface area contributed by atoms with Crippen LogP contribution < -0.4 is 5.56 Å². The first kappa shape index (κ1) is 15.7. The van der Waals surface area contributed by atoms with Gasteiger partial charge >= 0.3 is 0 Å². The molecule has 6 heteroatoms. The highest BCUT2D eigenvalue weighted by Crippen LogP contribution is 2.08. The fourth-order valence-electron chi connectivity index (χ4n) is 2.18. The molecule has 1 aromatic rings. The van der Waals surface area contributed by atoms with Crippen molar-refractivity contribution in [2.45, 2.75) is 39.7 Å². The Morgan fingerprint density at radius 3 is 2.53 bits per heavy atom. The van der Waals surface area contributed by atoms with Crippen LogP contribution in [0.4, 0.5) is 0 Å². The molecule has 19 heavy (non-hydrogen) atoms. The van der Waals surface area contributed by atoms with Crippen LogP contribution in [0.3, 0.4) is 0 Å². The van der Waals surface area contributed by atoms with Crippen LogP contribution in [0.2, 0.25) is 0 Å². The Bertz CT molecular complexity index is 459. The van der Waals surface area contributed by atoms with E-state index in [9.17, 15) is 9.59 Å². The smallest absolute Gasteiger partial charge is 0.290 e. The SMILES string of the molecule is CCC(CC)N(CCO)CC(=O)n1oc(C)cc1=O. The molecule has 108 valence electrons. The molecule has 0 aliphatic carbocycles. The molecule has 0 atom stereocenters. The molecule has 0 aliphatic rings. The van der Waals surface area contributed by atoms with E-state index in [4.69, 9.17) is 9.63 Å². The molecule has 1 heterocycles. The van der Waals surface area contributed by atoms with Gasteiger partial charge in [-0.05, 0) is 19.8 Å². The monoisotopic (exact) mass is 270 g/mol. The minimum Gasteiger partial charge on any atom is -0.395 e. The first-order valence-electron chi connectivity index (χ1n) is 6.61. The van der Waals surface area contributed by atoms with Crippen molar-refractivity contribution < 1.29 is 14.4 Å². The van der Waals surface area contributed by atoms with E-state index in [0.29, 0.717) is 12.3 Å². The number of hydrogen-bond donors (Lipinski definition) is 1. The molecule has 0 saturated heterocycles. The zero-order valence-corrected chi connectivity index (χ0v) is 11.8. The lowest BCUT2D eigenvalue weighted by molar-refractivity contribution is 0.0644. The lowest BCUT2D eigenvalue weighted by atomic mass is 10.1. The van der Waals surface area contributed by atoms with Gasteiger partial charge in [0.15, 0.2) is 0 Å². The van der Waals surface area contributed by atoms with E-state index in [-0.39, 0.29) is 19.2 Å². The van der Waals surface area contributed by atoms with Crippen LogP contribution in [0.5, 0.6) is 0 Å². The van der Waals surface area contributed by atoms with Crippen molar-refractivity contribution in [3.8, 4) is 0 Å². The summed E-state index contributed by atoms with van der Waals surface area (Å²) in [4.78, 5) is 25.4. The maximum atomic E-state index is 12.0. The van der Waals surface area contributed by atoms with Gasteiger partial charge in [-0.3, -0.25) is 14.5 Å². The number of carbonyl (C=O) groups is 1. The third-order valence-electron chi connectivity index (χ3n) is 3.17. The van der Waals surface area contributed by atoms with Gasteiger partial charge in [-0.25, -0.2) is 0 Å². The van der Waals surface area contributed by atoms with Gasteiger partial charge in [0.25, 0.3) is 11.5 Å². The third-order valence-corrected chi connectivity index (χ3v) is 3.17. The molecule has 1 rings (SSSR count). The molecule has 0 saturated carbocycles. The Kier molecular flexibility index (Phi) is 5.98. The minimum atomic E-state index is -0.448. The van der Waals surface area contributed by atoms with E-state index < -0.39 is 11.5 Å². The van der Waals surface area contributed by atoms with E-state index in [1.807, 2.05) is 18.7 Å². The Morgan fingerprint density at radius 2 is 2.11 bits per heavy atom. The molecule has 0 unspecified atom stereocenters. The Labute approximate surface area is 112 Å². The van der Waals surface area contributed by atoms with Crippen molar-refractivity contribution in [2.24, 2.45) is 0 Å². The summed E-state index contributed by atoms with van der Waals surface area (Å²) >= 11 is 0. The summed E-state index contributed by atoms with van der Waals surface area (Å²) in [6.45, 7) is 6.15. The predicted molar refractivity (Wildman–Crippen MR) is 71.4 cm³/mol. The number of aliphatic hydroxyl groups is 1. The number of rotatable bonds is 7. The highest BCUT2D eigenvalue weighted by molar-refractivity contribution is 5.79. The van der Waals surface area contributed by atoms with Crippen LogP contribution in [0.15, 0.2) is 15.4 Å². The standard InChI is InChI=1S/C13H22N2O4/c1-4-11(5-2)14(6-7-16)9-13(18)15-12(17)8-10(3)19-15/h8,11,16H,4-7,9H2,1-3H3. The second-order valence-electron chi connectivity index (χ2n) is 4.54. The van der Waals surface area contributed by atoms with Gasteiger partial charge in [0, 0.05) is 18.7 Å². The maximum Gasteiger partial charge on any atom is 0.290 e. The number of aliphatic hydroxyl groups excluding tert-OH is 1. The van der Waals surface area contributed by atoms with Gasteiger partial charge in [0.1, 0.15) is 5.76 Å². The second-order valence-corrected chi connectivity index (χ2v) is 4.54. The Morgan fingerprint density at radius 1 is 1.47 bits per heavy atom. The van der Waals surface area contributed by atoms with Gasteiger partial charge in [-0.2, -0.15) is 0 Å². The zero-order valence-electron chi connectivity index (χ0n) is 11.8. The number of aromatic nitrogens is 1. The normalized spacial score (nSPS) is 11.5. The molecule has 0 aliphatic heterocycles. The molecule has 0 spiro atoms. The summed E-state index contributed by atoms with van der Waals surface area (Å²) in [5.74, 6) is 0.00745. The summed E-state index contributed by atoms with van der Waals surface area (Å²) in [7, 11) is 0. The predicted octanol–water partition coefficient (Wildman–Crippen LogP) is 0.873. The molecule has 0 radical (unpaired) electrons. The van der Waals surface area contributed by atoms with E-state index in [2.05, 4.69) is 0 Å². The van der Waals surface area contributed by atoms with Crippen LogP contribution in [-0.2, 0) is 0 Å². The molecule has 6 nitrogen and oxygen atoms in total. The first-order chi connectivity index (χ1) is 9.03. The fourth-order valence-corrected chi connectivity index (χ4v) is 2.18. The van der Waals surface area contributed by atoms with Gasteiger partial charge in [0.2, 0.25) is 0 Å². The highest BCUT2D eigenvalue weighted by Gasteiger charge is 2.20. The number of aryl methyl sites for hydroxylation is 1. The molecule has 0 amide bonds. The zero-order chi connectivity index (χ0) is 14.4. The van der Waals surface area contributed by atoms with Crippen LogP contribution in [-0.4, -0.2) is 46.4 Å². The molecular weight excluding hydrogens is 248 g/mol. The summed E-state index contributed by atoms with van der Waals surface area (Å²) in [6, 6.07) is 1.49. The average Bonchev–Trinajstić information content (AvgIpc) is 2.70. The quantitative estimate of drug-likeness (QED) is 0.795. The summed E-state index contributed by atoms with van der Waals surface area (Å²) < 4.78 is 5.85. The van der Waals surface area contributed by atoms with Crippen molar-refractivity contribution in [1.82, 2.24) is 9.64 Å². The fraction of sp³-hybridized carbons (Fsp3) is 0.692. The summed E-state index contributed by atoms with van der Waals surface area (Å²) in [5.41, 5.74) is -0.448. The average molecular weight is 270 g/mol. The highest BCUT2D eigenvalue weighted by atomic mass is 16.5. The molecule has 0 aromatic carbocycles. The number of hydrogen-bond acceptors (Lipinski definition) is 5. The van der Waals surface area contributed by atoms with Crippen LogP contribution >= 0.6 is 0 Å². The van der Waals surface area contributed by atoms with Crippen LogP contribution in [0.1, 0.15) is 37.2 Å². The van der Waals surface area contributed by atoms with Gasteiger partial charge < -0.3 is 9.63 Å². The Hall–Kier alpha value is -1.40. The summed E-state index contributed by atoms with van der Waals surface area (Å²) in [6.07, 6.45) is 1.77. The number of nitrogens with zero attached hydrogens (tertiary/aromatic N) is 2. The van der Waals surface area contributed by atoms with Gasteiger partial charge in [-0.1, -0.05) is 13.8 Å². The first-order valence-corrected chi connectivity index (χ1v) is 6.61. The topological polar surface area (TPSA) is 75.7 Å². The molecule has 0 fully saturated rings. The maximum absolute atomic E-state index is 12.0. The van der Waals surface area contributed by atoms with E-state index >= 15 is 0 Å². The van der Waals surface area contributed by atoms with Crippen LogP contribution in [0, 0.1) is 6.92 Å². The molecule has 1 N–H and O–H groups in total. The Balaban J connectivity index is 2.81. The summed E-state index contributed by atoms with van der Waals surface area (Å²) in [5, 5.41) is 9.07. The minimum absolute atomic E-state index is 0.0180. The van der Waals surface area contributed by atoms with Crippen molar-refractivity contribution in [2.75, 3.05) is 19.7 Å². The lowest BCUT2D eigenvalue weighted by Crippen LogP contribution is -2.42. The van der Waals surface area contributed by atoms with E-state index in [1.165, 1.54) is 6.07 Å². The van der Waals surface area contributed by atoms with Crippen molar-refractivity contribution in [3.63, 3.8) is 0 Å². The van der Waals surface area contributed by atoms with Gasteiger partial charge in [0.05, 0.1) is 13.2 Å². The molecule has 0 bridgehead atoms. The number of carbonyl (C=O) groups excluding carboxylic acids is 1. The van der Waals surface area contributed by atoms with Gasteiger partial charge in [-0.15, -0.1) is 4.74 Å². The molecular formula is C13H22N2O4. The van der Waals surface area contributed by atoms with Crippen molar-refractivity contribution >= 4 is 5.91 Å². The van der Waals surface area contributed by atoms with Crippen molar-refractivity contribution in [3.05, 3.63) is 22.2 Å². The third kappa shape index (κ3) is 4.04. The second kappa shape index (κ2) is 7.25. The van der Waals surface area contributed by atoms with Crippen molar-refractivity contribution in [1.29, 1.82) is 0 Å². The lowest BCUT2D eigenvalue weighted by Gasteiger charge is -2.28. The van der Waals surface area contributed by atoms with E-state index in [1.54, 1.807) is 6.92 Å². The molecule has 1 aromatic heterocycles. The van der Waals surface area contributed by atoms with Crippen LogP contribution in [0.25, 0.3) is 0 Å². The largest absolute Gasteiger partial charge is 0.395 e.